The predicted molar refractivity (Wildman–Crippen MR) is 105 cm³/mol. The van der Waals surface area contributed by atoms with Crippen LogP contribution < -0.4 is 11.1 Å². The van der Waals surface area contributed by atoms with Gasteiger partial charge < -0.3 is 15.8 Å². The van der Waals surface area contributed by atoms with E-state index >= 15 is 0 Å². The van der Waals surface area contributed by atoms with Crippen molar-refractivity contribution in [3.8, 4) is 0 Å². The summed E-state index contributed by atoms with van der Waals surface area (Å²) < 4.78 is 5.73. The maximum Gasteiger partial charge on any atom is 0.338 e. The maximum atomic E-state index is 12.5. The quantitative estimate of drug-likeness (QED) is 0.554. The molecule has 0 amide bonds. The molecule has 1 aliphatic rings. The van der Waals surface area contributed by atoms with Crippen molar-refractivity contribution in [3.05, 3.63) is 23.8 Å². The molecule has 0 aliphatic heterocycles. The van der Waals surface area contributed by atoms with Crippen LogP contribution in [0.25, 0.3) is 0 Å². The molecule has 2 rings (SSSR count). The van der Waals surface area contributed by atoms with E-state index in [1.807, 2.05) is 19.9 Å². The van der Waals surface area contributed by atoms with E-state index < -0.39 is 5.60 Å². The molecule has 1 aliphatic carbocycles. The van der Waals surface area contributed by atoms with Gasteiger partial charge in [0, 0.05) is 6.04 Å². The molecular formula is C21H34N2O2. The second-order valence-corrected chi connectivity index (χ2v) is 9.17. The first-order valence-electron chi connectivity index (χ1n) is 9.45. The van der Waals surface area contributed by atoms with Gasteiger partial charge in [0.1, 0.15) is 5.60 Å². The summed E-state index contributed by atoms with van der Waals surface area (Å²) in [6.45, 7) is 10.3. The highest BCUT2D eigenvalue weighted by molar-refractivity contribution is 5.92. The Hall–Kier alpha value is -1.71. The van der Waals surface area contributed by atoms with Crippen molar-refractivity contribution in [1.29, 1.82) is 0 Å². The smallest absolute Gasteiger partial charge is 0.338 e. The first-order chi connectivity index (χ1) is 11.6. The molecule has 1 fully saturated rings. The van der Waals surface area contributed by atoms with Gasteiger partial charge in [0.05, 0.1) is 16.9 Å². The number of nitrogens with two attached hydrogens (primary N) is 1. The van der Waals surface area contributed by atoms with Gasteiger partial charge in [-0.15, -0.1) is 0 Å². The molecular weight excluding hydrogens is 312 g/mol. The molecule has 0 atom stereocenters. The molecule has 4 nitrogen and oxygen atoms in total. The van der Waals surface area contributed by atoms with Crippen molar-refractivity contribution < 1.29 is 9.53 Å². The third kappa shape index (κ3) is 6.26. The van der Waals surface area contributed by atoms with Crippen molar-refractivity contribution in [1.82, 2.24) is 0 Å². The average molecular weight is 347 g/mol. The Morgan fingerprint density at radius 1 is 1.16 bits per heavy atom. The summed E-state index contributed by atoms with van der Waals surface area (Å²) in [5.41, 5.74) is 7.78. The Balaban J connectivity index is 2.02. The minimum absolute atomic E-state index is 0.0938. The fraction of sp³-hybridized carbons (Fsp3) is 0.667. The van der Waals surface area contributed by atoms with Crippen LogP contribution in [0.2, 0.25) is 0 Å². The second kappa shape index (κ2) is 7.67. The Morgan fingerprint density at radius 2 is 1.80 bits per heavy atom. The summed E-state index contributed by atoms with van der Waals surface area (Å²) in [4.78, 5) is 12.5. The van der Waals surface area contributed by atoms with E-state index in [9.17, 15) is 4.79 Å². The molecule has 0 heterocycles. The summed E-state index contributed by atoms with van der Waals surface area (Å²) in [5, 5.41) is 3.52. The molecule has 0 radical (unpaired) electrons. The van der Waals surface area contributed by atoms with Gasteiger partial charge in [-0.05, 0) is 56.7 Å². The number of ether oxygens (including phenoxy) is 1. The van der Waals surface area contributed by atoms with Gasteiger partial charge in [-0.1, -0.05) is 40.0 Å². The van der Waals surface area contributed by atoms with E-state index in [0.717, 1.165) is 12.1 Å². The highest BCUT2D eigenvalue weighted by Crippen LogP contribution is 2.31. The minimum atomic E-state index is -0.511. The molecule has 0 saturated heterocycles. The highest BCUT2D eigenvalue weighted by Gasteiger charge is 2.29. The molecule has 1 saturated carbocycles. The molecule has 25 heavy (non-hydrogen) atoms. The predicted octanol–water partition coefficient (Wildman–Crippen LogP) is 5.39. The summed E-state index contributed by atoms with van der Waals surface area (Å²) in [5.74, 6) is -0.315. The Kier molecular flexibility index (Phi) is 6.02. The topological polar surface area (TPSA) is 64.3 Å². The van der Waals surface area contributed by atoms with Crippen molar-refractivity contribution in [3.63, 3.8) is 0 Å². The Labute approximate surface area is 152 Å². The first kappa shape index (κ1) is 19.6. The van der Waals surface area contributed by atoms with Crippen LogP contribution in [0.15, 0.2) is 18.2 Å². The third-order valence-electron chi connectivity index (χ3n) is 4.58. The summed E-state index contributed by atoms with van der Waals surface area (Å²) >= 11 is 0. The maximum absolute atomic E-state index is 12.5. The van der Waals surface area contributed by atoms with Crippen LogP contribution in [0.5, 0.6) is 0 Å². The molecule has 140 valence electrons. The lowest BCUT2D eigenvalue weighted by atomic mass is 9.83. The number of nitrogens with one attached hydrogen (secondary N) is 1. The number of nitrogen functional groups attached to an aromatic ring is 1. The van der Waals surface area contributed by atoms with Crippen LogP contribution >= 0.6 is 0 Å². The highest BCUT2D eigenvalue weighted by atomic mass is 16.6. The van der Waals surface area contributed by atoms with Crippen LogP contribution in [0.3, 0.4) is 0 Å². The van der Waals surface area contributed by atoms with Gasteiger partial charge in [-0.25, -0.2) is 4.79 Å². The molecule has 1 aromatic rings. The first-order valence-corrected chi connectivity index (χ1v) is 9.45. The number of carbonyl (C=O) groups is 1. The molecule has 1 aromatic carbocycles. The number of hydrogen-bond donors (Lipinski definition) is 2. The van der Waals surface area contributed by atoms with E-state index in [4.69, 9.17) is 10.5 Å². The van der Waals surface area contributed by atoms with Crippen LogP contribution in [0.4, 0.5) is 11.4 Å². The van der Waals surface area contributed by atoms with Crippen molar-refractivity contribution >= 4 is 17.3 Å². The Bertz CT molecular complexity index is 596. The lowest BCUT2D eigenvalue weighted by molar-refractivity contribution is -0.0178. The van der Waals surface area contributed by atoms with Gasteiger partial charge in [0.2, 0.25) is 0 Å². The van der Waals surface area contributed by atoms with E-state index in [1.165, 1.54) is 32.1 Å². The molecule has 0 aromatic heterocycles. The molecule has 0 unspecified atom stereocenters. The van der Waals surface area contributed by atoms with Crippen LogP contribution in [0.1, 0.15) is 83.5 Å². The van der Waals surface area contributed by atoms with Gasteiger partial charge in [0.25, 0.3) is 0 Å². The van der Waals surface area contributed by atoms with Crippen molar-refractivity contribution in [2.45, 2.75) is 84.8 Å². The van der Waals surface area contributed by atoms with Crippen LogP contribution in [-0.4, -0.2) is 17.6 Å². The van der Waals surface area contributed by atoms with Crippen LogP contribution in [0, 0.1) is 5.41 Å². The van der Waals surface area contributed by atoms with Gasteiger partial charge in [-0.3, -0.25) is 0 Å². The fourth-order valence-corrected chi connectivity index (χ4v) is 3.91. The number of rotatable bonds is 5. The fourth-order valence-electron chi connectivity index (χ4n) is 3.91. The molecule has 4 heteroatoms. The largest absolute Gasteiger partial charge is 0.456 e. The minimum Gasteiger partial charge on any atom is -0.456 e. The monoisotopic (exact) mass is 346 g/mol. The normalized spacial score (nSPS) is 16.5. The summed E-state index contributed by atoms with van der Waals surface area (Å²) in [7, 11) is 0. The number of anilines is 2. The summed E-state index contributed by atoms with van der Waals surface area (Å²) in [6.07, 6.45) is 7.02. The zero-order valence-electron chi connectivity index (χ0n) is 16.4. The second-order valence-electron chi connectivity index (χ2n) is 9.17. The molecule has 0 bridgehead atoms. The van der Waals surface area contributed by atoms with Crippen molar-refractivity contribution in [2.75, 3.05) is 11.1 Å². The van der Waals surface area contributed by atoms with Crippen LogP contribution in [-0.2, 0) is 4.74 Å². The Morgan fingerprint density at radius 3 is 2.36 bits per heavy atom. The van der Waals surface area contributed by atoms with E-state index in [0.29, 0.717) is 17.3 Å². The molecule has 0 spiro atoms. The van der Waals surface area contributed by atoms with Gasteiger partial charge >= 0.3 is 5.97 Å². The standard InChI is InChI=1S/C21H34N2O2/c1-20(2,3)14-21(4,5)25-19(24)15-11-12-18(17(22)13-15)23-16-9-7-6-8-10-16/h11-13,16,23H,6-10,14,22H2,1-5H3. The van der Waals surface area contributed by atoms with E-state index in [1.54, 1.807) is 12.1 Å². The summed E-state index contributed by atoms with van der Waals surface area (Å²) in [6, 6.07) is 5.91. The van der Waals surface area contributed by atoms with Gasteiger partial charge in [0.15, 0.2) is 0 Å². The van der Waals surface area contributed by atoms with Gasteiger partial charge in [-0.2, -0.15) is 0 Å². The number of benzene rings is 1. The van der Waals surface area contributed by atoms with Crippen molar-refractivity contribution in [2.24, 2.45) is 5.41 Å². The number of esters is 1. The molecule has 3 N–H and O–H groups in total. The average Bonchev–Trinajstić information content (AvgIpc) is 2.47. The lowest BCUT2D eigenvalue weighted by Gasteiger charge is -2.32. The zero-order valence-corrected chi connectivity index (χ0v) is 16.4. The SMILES string of the molecule is CC(C)(C)CC(C)(C)OC(=O)c1ccc(NC2CCCCC2)c(N)c1. The van der Waals surface area contributed by atoms with E-state index in [2.05, 4.69) is 26.1 Å². The zero-order chi connectivity index (χ0) is 18.7. The third-order valence-corrected chi connectivity index (χ3v) is 4.58. The number of carbonyl (C=O) groups excluding carboxylic acids is 1. The van der Waals surface area contributed by atoms with E-state index in [-0.39, 0.29) is 11.4 Å². The lowest BCUT2D eigenvalue weighted by Crippen LogP contribution is -2.32. The number of hydrogen-bond acceptors (Lipinski definition) is 4.